The minimum absolute atomic E-state index is 0.339. The number of nitrogens with one attached hydrogen (secondary N) is 1. The van der Waals surface area contributed by atoms with E-state index in [1.807, 2.05) is 18.2 Å². The number of carbonyl (C=O) groups excluding carboxylic acids is 1. The number of ether oxygens (including phenoxy) is 1. The third kappa shape index (κ3) is 3.46. The summed E-state index contributed by atoms with van der Waals surface area (Å²) in [5.41, 5.74) is 0.751. The first-order valence-electron chi connectivity index (χ1n) is 6.74. The van der Waals surface area contributed by atoms with Gasteiger partial charge in [-0.05, 0) is 23.9 Å². The highest BCUT2D eigenvalue weighted by Crippen LogP contribution is 2.27. The second-order valence-corrected chi connectivity index (χ2v) is 5.72. The summed E-state index contributed by atoms with van der Waals surface area (Å²) in [7, 11) is 1.49. The molecular formula is C16H17NO4S. The maximum Gasteiger partial charge on any atom is 0.308 e. The number of carboxylic acids is 1. The molecule has 0 spiro atoms. The molecule has 1 aromatic heterocycles. The van der Waals surface area contributed by atoms with Gasteiger partial charge in [-0.3, -0.25) is 9.59 Å². The van der Waals surface area contributed by atoms with E-state index >= 15 is 0 Å². The number of methoxy groups -OCH3 is 1. The van der Waals surface area contributed by atoms with Gasteiger partial charge < -0.3 is 15.2 Å². The average Bonchev–Trinajstić information content (AvgIpc) is 3.01. The van der Waals surface area contributed by atoms with E-state index in [0.29, 0.717) is 10.6 Å². The molecule has 0 aliphatic rings. The van der Waals surface area contributed by atoms with Crippen LogP contribution in [0.25, 0.3) is 0 Å². The molecule has 2 rings (SSSR count). The molecule has 0 saturated carbocycles. The maximum atomic E-state index is 12.4. The topological polar surface area (TPSA) is 75.6 Å². The Hall–Kier alpha value is -2.34. The molecule has 2 aromatic rings. The van der Waals surface area contributed by atoms with Crippen LogP contribution in [0.2, 0.25) is 0 Å². The van der Waals surface area contributed by atoms with E-state index in [9.17, 15) is 14.7 Å². The van der Waals surface area contributed by atoms with Crippen LogP contribution >= 0.6 is 11.3 Å². The molecule has 2 atom stereocenters. The first kappa shape index (κ1) is 16.0. The molecule has 0 radical (unpaired) electrons. The predicted octanol–water partition coefficient (Wildman–Crippen LogP) is 2.95. The number of rotatable bonds is 6. The average molecular weight is 319 g/mol. The van der Waals surface area contributed by atoms with Gasteiger partial charge in [-0.1, -0.05) is 30.3 Å². The van der Waals surface area contributed by atoms with Crippen LogP contribution in [-0.2, 0) is 4.79 Å². The molecule has 1 amide bonds. The number of amides is 1. The molecule has 0 bridgehead atoms. The molecule has 2 unspecified atom stereocenters. The Bertz CT molecular complexity index is 653. The SMILES string of the molecule is COc1ccsc1C(=O)NC(c1ccccc1)C(C)C(=O)O. The molecule has 0 aliphatic carbocycles. The number of aliphatic carboxylic acids is 1. The van der Waals surface area contributed by atoms with Crippen molar-refractivity contribution >= 4 is 23.2 Å². The van der Waals surface area contributed by atoms with Crippen LogP contribution in [-0.4, -0.2) is 24.1 Å². The Morgan fingerprint density at radius 3 is 2.50 bits per heavy atom. The van der Waals surface area contributed by atoms with Crippen LogP contribution in [0.4, 0.5) is 0 Å². The summed E-state index contributed by atoms with van der Waals surface area (Å²) in [6, 6.07) is 10.2. The summed E-state index contributed by atoms with van der Waals surface area (Å²) in [6.45, 7) is 1.58. The number of hydrogen-bond acceptors (Lipinski definition) is 4. The molecule has 22 heavy (non-hydrogen) atoms. The fourth-order valence-electron chi connectivity index (χ4n) is 2.13. The fourth-order valence-corrected chi connectivity index (χ4v) is 2.89. The van der Waals surface area contributed by atoms with Crippen LogP contribution < -0.4 is 10.1 Å². The molecule has 0 fully saturated rings. The molecular weight excluding hydrogens is 302 g/mol. The van der Waals surface area contributed by atoms with Crippen molar-refractivity contribution in [2.45, 2.75) is 13.0 Å². The van der Waals surface area contributed by atoms with Gasteiger partial charge in [0, 0.05) is 0 Å². The highest BCUT2D eigenvalue weighted by molar-refractivity contribution is 7.12. The van der Waals surface area contributed by atoms with E-state index in [2.05, 4.69) is 5.32 Å². The van der Waals surface area contributed by atoms with Crippen molar-refractivity contribution in [1.82, 2.24) is 5.32 Å². The largest absolute Gasteiger partial charge is 0.495 e. The minimum Gasteiger partial charge on any atom is -0.495 e. The summed E-state index contributed by atoms with van der Waals surface area (Å²) >= 11 is 1.26. The normalized spacial score (nSPS) is 13.2. The summed E-state index contributed by atoms with van der Waals surface area (Å²) in [6.07, 6.45) is 0. The standard InChI is InChI=1S/C16H17NO4S/c1-10(16(19)20)13(11-6-4-3-5-7-11)17-15(18)14-12(21-2)8-9-22-14/h3-10,13H,1-2H3,(H,17,18)(H,19,20). The molecule has 2 N–H and O–H groups in total. The van der Waals surface area contributed by atoms with Crippen molar-refractivity contribution in [1.29, 1.82) is 0 Å². The molecule has 1 aromatic carbocycles. The molecule has 1 heterocycles. The summed E-state index contributed by atoms with van der Waals surface area (Å²) in [5.74, 6) is -1.57. The number of hydrogen-bond donors (Lipinski definition) is 2. The van der Waals surface area contributed by atoms with Crippen molar-refractivity contribution in [2.75, 3.05) is 7.11 Å². The zero-order valence-electron chi connectivity index (χ0n) is 12.3. The van der Waals surface area contributed by atoms with Crippen molar-refractivity contribution < 1.29 is 19.4 Å². The Kier molecular flexibility index (Phi) is 5.16. The molecule has 116 valence electrons. The lowest BCUT2D eigenvalue weighted by molar-refractivity contribution is -0.142. The summed E-state index contributed by atoms with van der Waals surface area (Å²) in [4.78, 5) is 24.2. The third-order valence-corrected chi connectivity index (χ3v) is 4.28. The van der Waals surface area contributed by atoms with Gasteiger partial charge in [0.25, 0.3) is 5.91 Å². The van der Waals surface area contributed by atoms with Gasteiger partial charge in [0.05, 0.1) is 19.1 Å². The van der Waals surface area contributed by atoms with Crippen LogP contribution in [0.1, 0.15) is 28.2 Å². The third-order valence-electron chi connectivity index (χ3n) is 3.39. The Balaban J connectivity index is 2.27. The number of carbonyl (C=O) groups is 2. The van der Waals surface area contributed by atoms with Gasteiger partial charge in [0.15, 0.2) is 0 Å². The number of thiophene rings is 1. The Morgan fingerprint density at radius 2 is 1.91 bits per heavy atom. The molecule has 0 aliphatic heterocycles. The van der Waals surface area contributed by atoms with E-state index < -0.39 is 17.9 Å². The van der Waals surface area contributed by atoms with Gasteiger partial charge in [0.1, 0.15) is 10.6 Å². The maximum absolute atomic E-state index is 12.4. The summed E-state index contributed by atoms with van der Waals surface area (Å²) < 4.78 is 5.13. The Morgan fingerprint density at radius 1 is 1.23 bits per heavy atom. The van der Waals surface area contributed by atoms with Crippen molar-refractivity contribution in [2.24, 2.45) is 5.92 Å². The van der Waals surface area contributed by atoms with E-state index in [4.69, 9.17) is 4.74 Å². The van der Waals surface area contributed by atoms with Crippen molar-refractivity contribution in [3.05, 3.63) is 52.2 Å². The lowest BCUT2D eigenvalue weighted by Gasteiger charge is -2.22. The van der Waals surface area contributed by atoms with Crippen LogP contribution in [0.3, 0.4) is 0 Å². The smallest absolute Gasteiger partial charge is 0.308 e. The van der Waals surface area contributed by atoms with Crippen LogP contribution in [0.15, 0.2) is 41.8 Å². The lowest BCUT2D eigenvalue weighted by atomic mass is 9.94. The van der Waals surface area contributed by atoms with Crippen molar-refractivity contribution in [3.63, 3.8) is 0 Å². The highest BCUT2D eigenvalue weighted by Gasteiger charge is 2.28. The number of carboxylic acid groups (broad SMARTS) is 1. The van der Waals surface area contributed by atoms with Gasteiger partial charge >= 0.3 is 5.97 Å². The van der Waals surface area contributed by atoms with Crippen LogP contribution in [0.5, 0.6) is 5.75 Å². The molecule has 6 heteroatoms. The van der Waals surface area contributed by atoms with Crippen molar-refractivity contribution in [3.8, 4) is 5.75 Å². The predicted molar refractivity (Wildman–Crippen MR) is 84.3 cm³/mol. The monoisotopic (exact) mass is 319 g/mol. The van der Waals surface area contributed by atoms with E-state index in [-0.39, 0.29) is 5.91 Å². The van der Waals surface area contributed by atoms with Gasteiger partial charge in [0.2, 0.25) is 0 Å². The molecule has 5 nitrogen and oxygen atoms in total. The summed E-state index contributed by atoms with van der Waals surface area (Å²) in [5, 5.41) is 13.8. The van der Waals surface area contributed by atoms with E-state index in [1.54, 1.807) is 30.5 Å². The zero-order valence-corrected chi connectivity index (χ0v) is 13.1. The second-order valence-electron chi connectivity index (χ2n) is 4.81. The van der Waals surface area contributed by atoms with Gasteiger partial charge in [-0.2, -0.15) is 0 Å². The quantitative estimate of drug-likeness (QED) is 0.858. The lowest BCUT2D eigenvalue weighted by Crippen LogP contribution is -2.35. The fraction of sp³-hybridized carbons (Fsp3) is 0.250. The first-order chi connectivity index (χ1) is 10.5. The first-order valence-corrected chi connectivity index (χ1v) is 7.62. The van der Waals surface area contributed by atoms with Gasteiger partial charge in [-0.25, -0.2) is 0 Å². The minimum atomic E-state index is -0.965. The number of benzene rings is 1. The highest BCUT2D eigenvalue weighted by atomic mass is 32.1. The van der Waals surface area contributed by atoms with E-state index in [0.717, 1.165) is 5.56 Å². The van der Waals surface area contributed by atoms with Gasteiger partial charge in [-0.15, -0.1) is 11.3 Å². The Labute approximate surface area is 132 Å². The van der Waals surface area contributed by atoms with E-state index in [1.165, 1.54) is 18.4 Å². The second kappa shape index (κ2) is 7.09. The molecule has 0 saturated heterocycles. The van der Waals surface area contributed by atoms with Crippen LogP contribution in [0, 0.1) is 5.92 Å². The zero-order chi connectivity index (χ0) is 16.1.